The minimum Gasteiger partial charge on any atom is -0.493 e. The van der Waals surface area contributed by atoms with E-state index in [2.05, 4.69) is 10.6 Å². The van der Waals surface area contributed by atoms with Crippen molar-refractivity contribution in [2.24, 2.45) is 0 Å². The monoisotopic (exact) mass is 291 g/mol. The van der Waals surface area contributed by atoms with Crippen molar-refractivity contribution in [2.45, 2.75) is 25.8 Å². The molecular weight excluding hydrogens is 274 g/mol. The Labute approximate surface area is 121 Å². The Hall–Kier alpha value is -2.57. The van der Waals surface area contributed by atoms with Gasteiger partial charge in [-0.05, 0) is 25.5 Å². The zero-order valence-electron chi connectivity index (χ0n) is 11.6. The number of ether oxygens (including phenoxy) is 1. The van der Waals surface area contributed by atoms with Crippen LogP contribution in [0.3, 0.4) is 0 Å². The lowest BCUT2D eigenvalue weighted by Gasteiger charge is -2.22. The van der Waals surface area contributed by atoms with Crippen LogP contribution in [0.25, 0.3) is 0 Å². The van der Waals surface area contributed by atoms with Gasteiger partial charge in [-0.25, -0.2) is 0 Å². The smallest absolute Gasteiger partial charge is 0.257 e. The number of hydrogen-bond acceptors (Lipinski definition) is 5. The number of nitrogens with one attached hydrogen (secondary N) is 2. The van der Waals surface area contributed by atoms with Gasteiger partial charge >= 0.3 is 0 Å². The highest BCUT2D eigenvalue weighted by Crippen LogP contribution is 2.24. The van der Waals surface area contributed by atoms with Gasteiger partial charge in [0.25, 0.3) is 5.91 Å². The molecule has 1 atom stereocenters. The Balaban J connectivity index is 2.17. The number of nitrogen functional groups attached to an aromatic ring is 1. The summed E-state index contributed by atoms with van der Waals surface area (Å²) in [7, 11) is 0. The van der Waals surface area contributed by atoms with Crippen LogP contribution in [0.2, 0.25) is 0 Å². The third kappa shape index (κ3) is 3.31. The summed E-state index contributed by atoms with van der Waals surface area (Å²) in [5, 5.41) is 4.77. The molecular formula is C14H17N3O4. The lowest BCUT2D eigenvalue weighted by Crippen LogP contribution is -2.52. The number of benzene rings is 1. The molecule has 1 aliphatic rings. The van der Waals surface area contributed by atoms with Gasteiger partial charge in [-0.15, -0.1) is 0 Å². The van der Waals surface area contributed by atoms with E-state index < -0.39 is 17.9 Å². The second kappa shape index (κ2) is 6.25. The van der Waals surface area contributed by atoms with E-state index in [1.54, 1.807) is 25.1 Å². The van der Waals surface area contributed by atoms with Crippen molar-refractivity contribution in [3.63, 3.8) is 0 Å². The summed E-state index contributed by atoms with van der Waals surface area (Å²) in [6.45, 7) is 2.19. The average Bonchev–Trinajstić information content (AvgIpc) is 2.42. The molecule has 1 heterocycles. The lowest BCUT2D eigenvalue weighted by atomic mass is 10.0. The summed E-state index contributed by atoms with van der Waals surface area (Å²) >= 11 is 0. The van der Waals surface area contributed by atoms with Gasteiger partial charge in [0.2, 0.25) is 11.8 Å². The number of carbonyl (C=O) groups excluding carboxylic acids is 3. The number of piperidine rings is 1. The largest absolute Gasteiger partial charge is 0.493 e. The molecule has 1 unspecified atom stereocenters. The molecule has 3 amide bonds. The fourth-order valence-corrected chi connectivity index (χ4v) is 2.13. The van der Waals surface area contributed by atoms with Gasteiger partial charge in [-0.3, -0.25) is 19.7 Å². The number of rotatable bonds is 4. The molecule has 0 spiro atoms. The Morgan fingerprint density at radius 2 is 2.24 bits per heavy atom. The molecule has 1 aromatic rings. The molecule has 7 heteroatoms. The number of nitrogens with two attached hydrogens (primary N) is 1. The topological polar surface area (TPSA) is 111 Å². The van der Waals surface area contributed by atoms with Crippen molar-refractivity contribution in [1.29, 1.82) is 0 Å². The van der Waals surface area contributed by atoms with Crippen molar-refractivity contribution in [2.75, 3.05) is 12.3 Å². The van der Waals surface area contributed by atoms with E-state index in [9.17, 15) is 14.4 Å². The Bertz CT molecular complexity index is 586. The Morgan fingerprint density at radius 3 is 2.90 bits per heavy atom. The predicted octanol–water partition coefficient (Wildman–Crippen LogP) is 0.202. The first kappa shape index (κ1) is 14.8. The van der Waals surface area contributed by atoms with Crippen LogP contribution in [-0.2, 0) is 9.59 Å². The molecule has 7 nitrogen and oxygen atoms in total. The fraction of sp³-hybridized carbons (Fsp3) is 0.357. The first-order valence-corrected chi connectivity index (χ1v) is 6.68. The molecule has 1 aliphatic heterocycles. The van der Waals surface area contributed by atoms with Gasteiger partial charge in [0.1, 0.15) is 17.4 Å². The minimum absolute atomic E-state index is 0.194. The normalized spacial score (nSPS) is 18.0. The third-order valence-corrected chi connectivity index (χ3v) is 3.13. The Kier molecular flexibility index (Phi) is 4.42. The standard InChI is InChI=1S/C14H17N3O4/c1-2-21-10-5-3-4-8(15)12(10)14(20)16-9-6-7-11(18)17-13(9)19/h3-5,9H,2,6-7,15H2,1H3,(H,16,20)(H,17,18,19). The van der Waals surface area contributed by atoms with E-state index in [1.165, 1.54) is 0 Å². The summed E-state index contributed by atoms with van der Waals surface area (Å²) in [5.41, 5.74) is 6.29. The zero-order valence-corrected chi connectivity index (χ0v) is 11.6. The van der Waals surface area contributed by atoms with Gasteiger partial charge in [0.05, 0.1) is 6.61 Å². The second-order valence-corrected chi connectivity index (χ2v) is 4.63. The van der Waals surface area contributed by atoms with E-state index in [0.29, 0.717) is 12.4 Å². The average molecular weight is 291 g/mol. The van der Waals surface area contributed by atoms with Gasteiger partial charge in [-0.2, -0.15) is 0 Å². The molecule has 2 rings (SSSR count). The van der Waals surface area contributed by atoms with E-state index >= 15 is 0 Å². The van der Waals surface area contributed by atoms with Gasteiger partial charge in [0.15, 0.2) is 0 Å². The fourth-order valence-electron chi connectivity index (χ4n) is 2.13. The molecule has 112 valence electrons. The molecule has 0 radical (unpaired) electrons. The van der Waals surface area contributed by atoms with Gasteiger partial charge in [0, 0.05) is 12.1 Å². The van der Waals surface area contributed by atoms with Crippen LogP contribution in [-0.4, -0.2) is 30.4 Å². The summed E-state index contributed by atoms with van der Waals surface area (Å²) in [4.78, 5) is 35.1. The van der Waals surface area contributed by atoms with Gasteiger partial charge < -0.3 is 15.8 Å². The summed E-state index contributed by atoms with van der Waals surface area (Å²) < 4.78 is 5.38. The maximum Gasteiger partial charge on any atom is 0.257 e. The molecule has 0 aliphatic carbocycles. The molecule has 0 aromatic heterocycles. The van der Waals surface area contributed by atoms with Crippen molar-refractivity contribution in [3.05, 3.63) is 23.8 Å². The van der Waals surface area contributed by atoms with E-state index in [1.807, 2.05) is 0 Å². The van der Waals surface area contributed by atoms with E-state index in [4.69, 9.17) is 10.5 Å². The number of anilines is 1. The Morgan fingerprint density at radius 1 is 1.48 bits per heavy atom. The number of carbonyl (C=O) groups is 3. The predicted molar refractivity (Wildman–Crippen MR) is 75.7 cm³/mol. The van der Waals surface area contributed by atoms with Crippen molar-refractivity contribution >= 4 is 23.4 Å². The molecule has 21 heavy (non-hydrogen) atoms. The van der Waals surface area contributed by atoms with Crippen molar-refractivity contribution in [1.82, 2.24) is 10.6 Å². The highest BCUT2D eigenvalue weighted by Gasteiger charge is 2.29. The van der Waals surface area contributed by atoms with Crippen LogP contribution in [0, 0.1) is 0 Å². The lowest BCUT2D eigenvalue weighted by molar-refractivity contribution is -0.134. The zero-order chi connectivity index (χ0) is 15.4. The number of imide groups is 1. The highest BCUT2D eigenvalue weighted by molar-refractivity contribution is 6.06. The maximum atomic E-state index is 12.3. The quantitative estimate of drug-likeness (QED) is 0.542. The minimum atomic E-state index is -0.746. The highest BCUT2D eigenvalue weighted by atomic mass is 16.5. The molecule has 1 saturated heterocycles. The van der Waals surface area contributed by atoms with Crippen LogP contribution < -0.4 is 21.1 Å². The number of hydrogen-bond donors (Lipinski definition) is 3. The summed E-state index contributed by atoms with van der Waals surface area (Å²) in [5.74, 6) is -0.972. The molecule has 0 saturated carbocycles. The molecule has 4 N–H and O–H groups in total. The number of amides is 3. The van der Waals surface area contributed by atoms with Crippen LogP contribution >= 0.6 is 0 Å². The molecule has 1 aromatic carbocycles. The second-order valence-electron chi connectivity index (χ2n) is 4.63. The van der Waals surface area contributed by atoms with Crippen LogP contribution in [0.15, 0.2) is 18.2 Å². The third-order valence-electron chi connectivity index (χ3n) is 3.13. The van der Waals surface area contributed by atoms with Crippen LogP contribution in [0.4, 0.5) is 5.69 Å². The van der Waals surface area contributed by atoms with Crippen molar-refractivity contribution in [3.8, 4) is 5.75 Å². The first-order valence-electron chi connectivity index (χ1n) is 6.68. The summed E-state index contributed by atoms with van der Waals surface area (Å²) in [6, 6.07) is 4.16. The first-order chi connectivity index (χ1) is 10.0. The van der Waals surface area contributed by atoms with E-state index in [-0.39, 0.29) is 30.0 Å². The summed E-state index contributed by atoms with van der Waals surface area (Å²) in [6.07, 6.45) is 0.465. The van der Waals surface area contributed by atoms with E-state index in [0.717, 1.165) is 0 Å². The van der Waals surface area contributed by atoms with Gasteiger partial charge in [-0.1, -0.05) is 6.07 Å². The molecule has 1 fully saturated rings. The molecule has 0 bridgehead atoms. The van der Waals surface area contributed by atoms with Crippen molar-refractivity contribution < 1.29 is 19.1 Å². The van der Waals surface area contributed by atoms with Crippen LogP contribution in [0.1, 0.15) is 30.1 Å². The van der Waals surface area contributed by atoms with Crippen LogP contribution in [0.5, 0.6) is 5.75 Å². The maximum absolute atomic E-state index is 12.3. The SMILES string of the molecule is CCOc1cccc(N)c1C(=O)NC1CCC(=O)NC1=O.